The van der Waals surface area contributed by atoms with Crippen LogP contribution >= 0.6 is 0 Å². The molecule has 1 saturated carbocycles. The van der Waals surface area contributed by atoms with E-state index >= 15 is 0 Å². The minimum atomic E-state index is -0.318. The van der Waals surface area contributed by atoms with E-state index in [0.29, 0.717) is 50.0 Å². The summed E-state index contributed by atoms with van der Waals surface area (Å²) in [7, 11) is 0. The Morgan fingerprint density at radius 2 is 1.60 bits per heavy atom. The number of nitrogens with one attached hydrogen (secondary N) is 3. The highest BCUT2D eigenvalue weighted by Crippen LogP contribution is 2.33. The van der Waals surface area contributed by atoms with Crippen molar-refractivity contribution < 1.29 is 23.8 Å². The van der Waals surface area contributed by atoms with Crippen molar-refractivity contribution in [3.8, 4) is 11.5 Å². The Labute approximate surface area is 260 Å². The second-order valence-corrected chi connectivity index (χ2v) is 11.1. The summed E-state index contributed by atoms with van der Waals surface area (Å²) < 4.78 is 19.5. The molecule has 43 heavy (non-hydrogen) atoms. The normalized spacial score (nSPS) is 12.3. The van der Waals surface area contributed by atoms with Crippen LogP contribution in [0, 0.1) is 24.6 Å². The maximum atomic E-state index is 13.6. The summed E-state index contributed by atoms with van der Waals surface area (Å²) in [6.45, 7) is 18.1. The summed E-state index contributed by atoms with van der Waals surface area (Å²) in [6.07, 6.45) is 5.46. The largest absolute Gasteiger partial charge is 0.508 e. The zero-order valence-electron chi connectivity index (χ0n) is 27.9. The molecule has 0 radical (unpaired) electrons. The molecule has 2 amide bonds. The van der Waals surface area contributed by atoms with Crippen LogP contribution in [0.1, 0.15) is 91.7 Å². The summed E-state index contributed by atoms with van der Waals surface area (Å²) in [4.78, 5) is 22.8. The molecular weight excluding hydrogens is 545 g/mol. The van der Waals surface area contributed by atoms with Crippen LogP contribution in [0.5, 0.6) is 11.5 Å². The lowest BCUT2D eigenvalue weighted by atomic mass is 10.1. The number of hydrogen-bond acceptors (Lipinski definition) is 5. The number of ether oxygens (including phenoxy) is 1. The summed E-state index contributed by atoms with van der Waals surface area (Å²) in [5.74, 6) is 1.85. The van der Waals surface area contributed by atoms with E-state index in [1.54, 1.807) is 25.1 Å². The third-order valence-electron chi connectivity index (χ3n) is 6.17. The monoisotopic (exact) mass is 603 g/mol. The summed E-state index contributed by atoms with van der Waals surface area (Å²) >= 11 is 0. The van der Waals surface area contributed by atoms with Gasteiger partial charge in [0.2, 0.25) is 11.8 Å². The van der Waals surface area contributed by atoms with Gasteiger partial charge in [0.25, 0.3) is 0 Å². The van der Waals surface area contributed by atoms with Crippen molar-refractivity contribution >= 4 is 11.8 Å². The van der Waals surface area contributed by atoms with Crippen LogP contribution in [0.4, 0.5) is 4.39 Å². The Balaban J connectivity index is 0.00000104. The van der Waals surface area contributed by atoms with Gasteiger partial charge >= 0.3 is 0 Å². The van der Waals surface area contributed by atoms with Gasteiger partial charge in [0.05, 0.1) is 6.54 Å². The molecular formula is C35H58FN3O4. The minimum Gasteiger partial charge on any atom is -0.508 e. The van der Waals surface area contributed by atoms with Gasteiger partial charge in [-0.2, -0.15) is 0 Å². The third-order valence-corrected chi connectivity index (χ3v) is 6.17. The Kier molecular flexibility index (Phi) is 22.6. The van der Waals surface area contributed by atoms with Gasteiger partial charge < -0.3 is 25.8 Å². The quantitative estimate of drug-likeness (QED) is 0.175. The fourth-order valence-electron chi connectivity index (χ4n) is 3.84. The van der Waals surface area contributed by atoms with Crippen LogP contribution in [-0.4, -0.2) is 49.2 Å². The number of phenolic OH excluding ortho intramolecular Hbond substituents is 1. The van der Waals surface area contributed by atoms with E-state index in [-0.39, 0.29) is 24.2 Å². The first-order valence-electron chi connectivity index (χ1n) is 16.0. The zero-order chi connectivity index (χ0) is 32.6. The van der Waals surface area contributed by atoms with E-state index in [1.165, 1.54) is 30.5 Å². The molecule has 7 nitrogen and oxygen atoms in total. The topological polar surface area (TPSA) is 99.7 Å². The first kappa shape index (κ1) is 39.9. The molecule has 3 rings (SSSR count). The molecule has 0 spiro atoms. The van der Waals surface area contributed by atoms with Gasteiger partial charge in [-0.3, -0.25) is 9.59 Å². The van der Waals surface area contributed by atoms with Crippen molar-refractivity contribution in [2.24, 2.45) is 11.8 Å². The van der Waals surface area contributed by atoms with E-state index in [0.717, 1.165) is 30.4 Å². The number of aromatic hydroxyl groups is 1. The molecule has 0 heterocycles. The van der Waals surface area contributed by atoms with Crippen LogP contribution in [0.2, 0.25) is 0 Å². The average Bonchev–Trinajstić information content (AvgIpc) is 3.83. The standard InChI is InChI=1S/C22H34FN3O3.C7H8O.C4H10.C2H6/c1-3-19(16-7-8-16)24-12-13-29-20-14-18(23)10-9-17(20)6-5-11-25-22(28)15-26-21(27)4-2;1-6-2-4-7(8)5-3-6;1-4(2)3;1-2/h9-10,14,16,19,24H,3-8,11-13,15H2,1-2H3,(H,25,28)(H,26,27);2-5,8H,1H3;4H,1-3H3;1-2H3. The van der Waals surface area contributed by atoms with Gasteiger partial charge in [-0.05, 0) is 74.6 Å². The lowest BCUT2D eigenvalue weighted by Crippen LogP contribution is -2.37. The van der Waals surface area contributed by atoms with Crippen molar-refractivity contribution in [3.05, 3.63) is 59.4 Å². The number of halogens is 1. The molecule has 1 aliphatic carbocycles. The Bertz CT molecular complexity index is 987. The number of hydrogen-bond donors (Lipinski definition) is 4. The van der Waals surface area contributed by atoms with Crippen molar-refractivity contribution in [3.63, 3.8) is 0 Å². The molecule has 1 fully saturated rings. The molecule has 4 N–H and O–H groups in total. The van der Waals surface area contributed by atoms with Gasteiger partial charge in [0.15, 0.2) is 0 Å². The lowest BCUT2D eigenvalue weighted by Gasteiger charge is -2.17. The number of aryl methyl sites for hydroxylation is 2. The number of phenols is 1. The number of carbonyl (C=O) groups is 2. The maximum absolute atomic E-state index is 13.6. The highest BCUT2D eigenvalue weighted by Gasteiger charge is 2.29. The predicted octanol–water partition coefficient (Wildman–Crippen LogP) is 6.95. The molecule has 0 saturated heterocycles. The molecule has 8 heteroatoms. The van der Waals surface area contributed by atoms with Crippen molar-refractivity contribution in [2.45, 2.75) is 100.0 Å². The summed E-state index contributed by atoms with van der Waals surface area (Å²) in [5.41, 5.74) is 2.09. The fourth-order valence-corrected chi connectivity index (χ4v) is 3.84. The number of amides is 2. The van der Waals surface area contributed by atoms with Gasteiger partial charge in [0.1, 0.15) is 23.9 Å². The van der Waals surface area contributed by atoms with E-state index < -0.39 is 0 Å². The smallest absolute Gasteiger partial charge is 0.239 e. The highest BCUT2D eigenvalue weighted by molar-refractivity contribution is 5.84. The van der Waals surface area contributed by atoms with Gasteiger partial charge in [-0.1, -0.05) is 72.2 Å². The maximum Gasteiger partial charge on any atom is 0.239 e. The summed E-state index contributed by atoms with van der Waals surface area (Å²) in [5, 5.41) is 17.6. The van der Waals surface area contributed by atoms with Crippen LogP contribution in [0.3, 0.4) is 0 Å². The SMILES string of the molecule is CC.CC(C)C.CCC(=O)NCC(=O)NCCCc1ccc(F)cc1OCCNC(CC)C1CC1.Cc1ccc(O)cc1. The molecule has 244 valence electrons. The predicted molar refractivity (Wildman–Crippen MR) is 176 cm³/mol. The third kappa shape index (κ3) is 21.2. The molecule has 0 aliphatic heterocycles. The van der Waals surface area contributed by atoms with Crippen LogP contribution in [-0.2, 0) is 16.0 Å². The Morgan fingerprint density at radius 1 is 0.977 bits per heavy atom. The van der Waals surface area contributed by atoms with Crippen LogP contribution < -0.4 is 20.7 Å². The number of rotatable bonds is 14. The van der Waals surface area contributed by atoms with Crippen LogP contribution in [0.15, 0.2) is 42.5 Å². The number of benzene rings is 2. The second-order valence-electron chi connectivity index (χ2n) is 11.1. The van der Waals surface area contributed by atoms with Crippen molar-refractivity contribution in [2.75, 3.05) is 26.2 Å². The molecule has 0 bridgehead atoms. The Morgan fingerprint density at radius 3 is 2.14 bits per heavy atom. The number of carbonyl (C=O) groups excluding carboxylic acids is 2. The van der Waals surface area contributed by atoms with Gasteiger partial charge in [0, 0.05) is 31.6 Å². The second kappa shape index (κ2) is 24.3. The van der Waals surface area contributed by atoms with E-state index in [2.05, 4.69) is 43.6 Å². The van der Waals surface area contributed by atoms with E-state index in [1.807, 2.05) is 32.9 Å². The van der Waals surface area contributed by atoms with Gasteiger partial charge in [-0.15, -0.1) is 0 Å². The molecule has 2 aromatic carbocycles. The average molecular weight is 604 g/mol. The highest BCUT2D eigenvalue weighted by atomic mass is 19.1. The molecule has 1 unspecified atom stereocenters. The molecule has 1 aliphatic rings. The molecule has 2 aromatic rings. The zero-order valence-corrected chi connectivity index (χ0v) is 27.9. The summed E-state index contributed by atoms with van der Waals surface area (Å²) in [6, 6.07) is 12.2. The molecule has 1 atom stereocenters. The van der Waals surface area contributed by atoms with E-state index in [4.69, 9.17) is 9.84 Å². The first-order valence-corrected chi connectivity index (χ1v) is 16.0. The Hall–Kier alpha value is -3.13. The first-order chi connectivity index (χ1) is 20.5. The van der Waals surface area contributed by atoms with E-state index in [9.17, 15) is 14.0 Å². The molecule has 0 aromatic heterocycles. The minimum absolute atomic E-state index is 0.00973. The van der Waals surface area contributed by atoms with Gasteiger partial charge in [-0.25, -0.2) is 4.39 Å². The van der Waals surface area contributed by atoms with Crippen LogP contribution in [0.25, 0.3) is 0 Å². The van der Waals surface area contributed by atoms with Crippen molar-refractivity contribution in [1.82, 2.24) is 16.0 Å². The fraction of sp³-hybridized carbons (Fsp3) is 0.600. The lowest BCUT2D eigenvalue weighted by molar-refractivity contribution is -0.125. The van der Waals surface area contributed by atoms with Crippen molar-refractivity contribution in [1.29, 1.82) is 0 Å².